The first kappa shape index (κ1) is 23.9. The lowest BCUT2D eigenvalue weighted by Crippen LogP contribution is -2.49. The molecule has 0 unspecified atom stereocenters. The van der Waals surface area contributed by atoms with Crippen molar-refractivity contribution in [3.63, 3.8) is 0 Å². The number of para-hydroxylation sites is 1. The molecule has 1 fully saturated rings. The summed E-state index contributed by atoms with van der Waals surface area (Å²) in [5.74, 6) is -0.0430. The third-order valence-electron chi connectivity index (χ3n) is 7.22. The second kappa shape index (κ2) is 10.0. The summed E-state index contributed by atoms with van der Waals surface area (Å²) in [5, 5.41) is 4.73. The molecule has 3 heterocycles. The lowest BCUT2D eigenvalue weighted by Gasteiger charge is -2.36. The zero-order valence-electron chi connectivity index (χ0n) is 21.4. The van der Waals surface area contributed by atoms with Gasteiger partial charge in [0.2, 0.25) is 0 Å². The first-order valence-electron chi connectivity index (χ1n) is 12.7. The molecule has 0 saturated carbocycles. The molecule has 3 aromatic rings. The smallest absolute Gasteiger partial charge is 0.274 e. The van der Waals surface area contributed by atoms with Gasteiger partial charge >= 0.3 is 0 Å². The van der Waals surface area contributed by atoms with Gasteiger partial charge in [-0.15, -0.1) is 0 Å². The van der Waals surface area contributed by atoms with Gasteiger partial charge in [-0.25, -0.2) is 0 Å². The van der Waals surface area contributed by atoms with Gasteiger partial charge in [-0.1, -0.05) is 24.3 Å². The van der Waals surface area contributed by atoms with E-state index in [0.29, 0.717) is 50.4 Å². The summed E-state index contributed by atoms with van der Waals surface area (Å²) in [6.07, 6.45) is 0.699. The Labute approximate surface area is 212 Å². The zero-order valence-corrected chi connectivity index (χ0v) is 21.4. The van der Waals surface area contributed by atoms with Crippen molar-refractivity contribution in [3.8, 4) is 0 Å². The Morgan fingerprint density at radius 3 is 2.33 bits per heavy atom. The summed E-state index contributed by atoms with van der Waals surface area (Å²) in [7, 11) is 3.93. The average molecular weight is 487 g/mol. The molecule has 0 N–H and O–H groups in total. The molecule has 36 heavy (non-hydrogen) atoms. The summed E-state index contributed by atoms with van der Waals surface area (Å²) < 4.78 is 1.94. The van der Waals surface area contributed by atoms with Crippen molar-refractivity contribution in [1.82, 2.24) is 19.6 Å². The van der Waals surface area contributed by atoms with Gasteiger partial charge in [0.1, 0.15) is 0 Å². The molecule has 2 aliphatic heterocycles. The van der Waals surface area contributed by atoms with E-state index in [0.717, 1.165) is 30.0 Å². The number of carbonyl (C=O) groups is 2. The monoisotopic (exact) mass is 486 g/mol. The molecule has 8 nitrogen and oxygen atoms in total. The standard InChI is InChI=1S/C28H34N6O2/c1-4-34-25-13-14-33(27(35)21-9-8-12-23(19-21)30(2)3)20-24(25)26(29-34)28(36)32-17-15-31(16-18-32)22-10-6-5-7-11-22/h5-12,19H,4,13-18,20H2,1-3H3. The molecule has 2 aliphatic rings. The molecule has 188 valence electrons. The Bertz CT molecular complexity index is 1240. The van der Waals surface area contributed by atoms with Gasteiger partial charge in [0.25, 0.3) is 11.8 Å². The number of aromatic nitrogens is 2. The lowest BCUT2D eigenvalue weighted by molar-refractivity contribution is 0.0709. The second-order valence-corrected chi connectivity index (χ2v) is 9.63. The van der Waals surface area contributed by atoms with Crippen LogP contribution in [-0.2, 0) is 19.5 Å². The number of amides is 2. The fraction of sp³-hybridized carbons (Fsp3) is 0.393. The van der Waals surface area contributed by atoms with E-state index in [1.165, 1.54) is 5.69 Å². The maximum Gasteiger partial charge on any atom is 0.274 e. The van der Waals surface area contributed by atoms with Crippen molar-refractivity contribution in [2.45, 2.75) is 26.4 Å². The van der Waals surface area contributed by atoms with Gasteiger partial charge in [0.05, 0.1) is 6.54 Å². The van der Waals surface area contributed by atoms with Gasteiger partial charge in [-0.2, -0.15) is 5.10 Å². The van der Waals surface area contributed by atoms with E-state index in [-0.39, 0.29) is 11.8 Å². The predicted octanol–water partition coefficient (Wildman–Crippen LogP) is 3.13. The number of rotatable bonds is 5. The normalized spacial score (nSPS) is 15.6. The van der Waals surface area contributed by atoms with E-state index >= 15 is 0 Å². The van der Waals surface area contributed by atoms with Crippen LogP contribution >= 0.6 is 0 Å². The van der Waals surface area contributed by atoms with E-state index in [2.05, 4.69) is 17.0 Å². The number of aryl methyl sites for hydroxylation is 1. The van der Waals surface area contributed by atoms with Gasteiger partial charge in [-0.05, 0) is 37.3 Å². The van der Waals surface area contributed by atoms with Crippen LogP contribution in [0.15, 0.2) is 54.6 Å². The van der Waals surface area contributed by atoms with E-state index < -0.39 is 0 Å². The van der Waals surface area contributed by atoms with Crippen LogP contribution in [0.3, 0.4) is 0 Å². The minimum atomic E-state index is -0.0323. The molecule has 2 amide bonds. The van der Waals surface area contributed by atoms with E-state index in [1.54, 1.807) is 0 Å². The third-order valence-corrected chi connectivity index (χ3v) is 7.22. The predicted molar refractivity (Wildman–Crippen MR) is 142 cm³/mol. The van der Waals surface area contributed by atoms with Crippen molar-refractivity contribution in [1.29, 1.82) is 0 Å². The number of nitrogens with zero attached hydrogens (tertiary/aromatic N) is 6. The van der Waals surface area contributed by atoms with Gasteiger partial charge in [-0.3, -0.25) is 14.3 Å². The van der Waals surface area contributed by atoms with Crippen LogP contribution in [0.5, 0.6) is 0 Å². The Morgan fingerprint density at radius 1 is 0.889 bits per heavy atom. The minimum absolute atomic E-state index is 0.0107. The Kier molecular flexibility index (Phi) is 6.67. The second-order valence-electron chi connectivity index (χ2n) is 9.63. The van der Waals surface area contributed by atoms with E-state index in [1.807, 2.05) is 82.9 Å². The SMILES string of the molecule is CCn1nc(C(=O)N2CCN(c3ccccc3)CC2)c2c1CCN(C(=O)c1cccc(N(C)C)c1)C2. The van der Waals surface area contributed by atoms with Crippen molar-refractivity contribution in [3.05, 3.63) is 77.1 Å². The number of hydrogen-bond donors (Lipinski definition) is 0. The summed E-state index contributed by atoms with van der Waals surface area (Å²) in [4.78, 5) is 35.1. The number of piperazine rings is 1. The van der Waals surface area contributed by atoms with Crippen LogP contribution in [0.25, 0.3) is 0 Å². The summed E-state index contributed by atoms with van der Waals surface area (Å²) >= 11 is 0. The van der Waals surface area contributed by atoms with Crippen molar-refractivity contribution >= 4 is 23.2 Å². The van der Waals surface area contributed by atoms with Crippen LogP contribution < -0.4 is 9.80 Å². The molecule has 0 atom stereocenters. The molecule has 0 aliphatic carbocycles. The molecule has 0 radical (unpaired) electrons. The fourth-order valence-electron chi connectivity index (χ4n) is 5.15. The minimum Gasteiger partial charge on any atom is -0.378 e. The van der Waals surface area contributed by atoms with Crippen molar-refractivity contribution in [2.24, 2.45) is 0 Å². The zero-order chi connectivity index (χ0) is 25.2. The van der Waals surface area contributed by atoms with E-state index in [9.17, 15) is 9.59 Å². The number of fused-ring (bicyclic) bond motifs is 1. The molecular weight excluding hydrogens is 452 g/mol. The van der Waals surface area contributed by atoms with Gasteiger partial charge in [0.15, 0.2) is 5.69 Å². The molecular formula is C28H34N6O2. The molecule has 0 spiro atoms. The number of anilines is 2. The third kappa shape index (κ3) is 4.55. The molecule has 8 heteroatoms. The molecule has 5 rings (SSSR count). The van der Waals surface area contributed by atoms with Crippen LogP contribution in [-0.4, -0.2) is 78.2 Å². The topological polar surface area (TPSA) is 64.9 Å². The molecule has 2 aromatic carbocycles. The van der Waals surface area contributed by atoms with Crippen molar-refractivity contribution < 1.29 is 9.59 Å². The van der Waals surface area contributed by atoms with Crippen LogP contribution in [0, 0.1) is 0 Å². The average Bonchev–Trinajstić information content (AvgIpc) is 3.31. The van der Waals surface area contributed by atoms with Crippen LogP contribution in [0.1, 0.15) is 39.0 Å². The Hall–Kier alpha value is -3.81. The molecule has 1 saturated heterocycles. The Morgan fingerprint density at radius 2 is 1.64 bits per heavy atom. The Balaban J connectivity index is 1.34. The largest absolute Gasteiger partial charge is 0.378 e. The first-order chi connectivity index (χ1) is 17.5. The highest BCUT2D eigenvalue weighted by Gasteiger charge is 2.33. The van der Waals surface area contributed by atoms with E-state index in [4.69, 9.17) is 5.10 Å². The number of hydrogen-bond acceptors (Lipinski definition) is 5. The highest BCUT2D eigenvalue weighted by atomic mass is 16.2. The summed E-state index contributed by atoms with van der Waals surface area (Å²) in [5.41, 5.74) is 5.31. The fourth-order valence-corrected chi connectivity index (χ4v) is 5.15. The summed E-state index contributed by atoms with van der Waals surface area (Å²) in [6.45, 7) is 6.67. The highest BCUT2D eigenvalue weighted by Crippen LogP contribution is 2.26. The maximum atomic E-state index is 13.6. The van der Waals surface area contributed by atoms with Gasteiger partial charge in [0, 0.05) is 88.0 Å². The lowest BCUT2D eigenvalue weighted by atomic mass is 10.0. The number of benzene rings is 2. The summed E-state index contributed by atoms with van der Waals surface area (Å²) in [6, 6.07) is 18.0. The van der Waals surface area contributed by atoms with Crippen LogP contribution in [0.4, 0.5) is 11.4 Å². The van der Waals surface area contributed by atoms with Gasteiger partial charge < -0.3 is 19.6 Å². The first-order valence-corrected chi connectivity index (χ1v) is 12.7. The van der Waals surface area contributed by atoms with Crippen molar-refractivity contribution in [2.75, 3.05) is 56.6 Å². The van der Waals surface area contributed by atoms with Crippen LogP contribution in [0.2, 0.25) is 0 Å². The number of carbonyl (C=O) groups excluding carboxylic acids is 2. The highest BCUT2D eigenvalue weighted by molar-refractivity contribution is 5.97. The quantitative estimate of drug-likeness (QED) is 0.555. The molecule has 0 bridgehead atoms. The molecule has 1 aromatic heterocycles. The maximum absolute atomic E-state index is 13.6.